The average molecular weight is 325 g/mol. The monoisotopic (exact) mass is 325 g/mol. The number of ether oxygens (including phenoxy) is 1. The van der Waals surface area contributed by atoms with Gasteiger partial charge in [0, 0.05) is 19.7 Å². The van der Waals surface area contributed by atoms with Gasteiger partial charge in [-0.15, -0.1) is 0 Å². The number of nitrogens with one attached hydrogen (secondary N) is 1. The number of rotatable bonds is 6. The van der Waals surface area contributed by atoms with Crippen LogP contribution in [0.1, 0.15) is 18.7 Å². The maximum atomic E-state index is 12.4. The van der Waals surface area contributed by atoms with Crippen molar-refractivity contribution in [1.29, 1.82) is 0 Å². The average Bonchev–Trinajstić information content (AvgIpc) is 3.12. The van der Waals surface area contributed by atoms with Crippen molar-refractivity contribution in [2.75, 3.05) is 20.3 Å². The molecular weight excluding hydrogens is 306 g/mol. The van der Waals surface area contributed by atoms with Gasteiger partial charge in [0.1, 0.15) is 5.52 Å². The molecule has 0 spiro atoms. The summed E-state index contributed by atoms with van der Waals surface area (Å²) < 4.78 is 39.4. The lowest BCUT2D eigenvalue weighted by molar-refractivity contribution is 0.148. The summed E-state index contributed by atoms with van der Waals surface area (Å²) in [5.74, 6) is 0.354. The van der Waals surface area contributed by atoms with E-state index in [1.54, 1.807) is 13.2 Å². The zero-order valence-corrected chi connectivity index (χ0v) is 13.2. The van der Waals surface area contributed by atoms with Gasteiger partial charge >= 0.3 is 0 Å². The van der Waals surface area contributed by atoms with Gasteiger partial charge in [-0.1, -0.05) is 12.1 Å². The van der Waals surface area contributed by atoms with Crippen molar-refractivity contribution >= 4 is 21.3 Å². The Hall–Kier alpha value is -1.48. The van der Waals surface area contributed by atoms with Crippen LogP contribution in [0, 0.1) is 0 Å². The lowest BCUT2D eigenvalue weighted by Crippen LogP contribution is -2.44. The minimum atomic E-state index is -3.56. The number of hydrogen-bond donors (Lipinski definition) is 1. The van der Waals surface area contributed by atoms with Crippen LogP contribution in [0.25, 0.3) is 11.1 Å². The second kappa shape index (κ2) is 6.33. The molecular formula is C14H19N3O4S. The van der Waals surface area contributed by atoms with Gasteiger partial charge in [-0.25, -0.2) is 4.98 Å². The topological polar surface area (TPSA) is 84.7 Å². The molecule has 1 atom stereocenters. The molecule has 2 heterocycles. The van der Waals surface area contributed by atoms with Gasteiger partial charge in [-0.05, 0) is 25.0 Å². The minimum Gasteiger partial charge on any atom is -0.439 e. The van der Waals surface area contributed by atoms with Gasteiger partial charge in [0.15, 0.2) is 5.58 Å². The molecule has 0 bridgehead atoms. The van der Waals surface area contributed by atoms with Gasteiger partial charge < -0.3 is 9.15 Å². The molecule has 1 unspecified atom stereocenters. The zero-order valence-electron chi connectivity index (χ0n) is 12.4. The Bertz CT molecular complexity index is 710. The van der Waals surface area contributed by atoms with Crippen molar-refractivity contribution in [3.8, 4) is 0 Å². The summed E-state index contributed by atoms with van der Waals surface area (Å²) in [6.45, 7) is 0.952. The Morgan fingerprint density at radius 2 is 2.27 bits per heavy atom. The van der Waals surface area contributed by atoms with Crippen LogP contribution in [0.3, 0.4) is 0 Å². The van der Waals surface area contributed by atoms with Crippen molar-refractivity contribution in [3.63, 3.8) is 0 Å². The normalized spacial score (nSPS) is 20.0. The lowest BCUT2D eigenvalue weighted by atomic mass is 10.2. The van der Waals surface area contributed by atoms with E-state index in [1.165, 1.54) is 4.31 Å². The Morgan fingerprint density at radius 1 is 1.45 bits per heavy atom. The summed E-state index contributed by atoms with van der Waals surface area (Å²) in [7, 11) is -1.99. The summed E-state index contributed by atoms with van der Waals surface area (Å²) in [6.07, 6.45) is 1.66. The molecule has 1 aliphatic rings. The molecule has 0 amide bonds. The lowest BCUT2D eigenvalue weighted by Gasteiger charge is -2.23. The van der Waals surface area contributed by atoms with Crippen LogP contribution in [-0.2, 0) is 21.5 Å². The van der Waals surface area contributed by atoms with E-state index in [0.29, 0.717) is 24.6 Å². The molecule has 2 aromatic rings. The van der Waals surface area contributed by atoms with E-state index in [-0.39, 0.29) is 12.6 Å². The van der Waals surface area contributed by atoms with Gasteiger partial charge in [-0.2, -0.15) is 17.4 Å². The number of para-hydroxylation sites is 2. The second-order valence-corrected chi connectivity index (χ2v) is 6.97. The van der Waals surface area contributed by atoms with Gasteiger partial charge in [0.25, 0.3) is 10.2 Å². The van der Waals surface area contributed by atoms with Crippen LogP contribution >= 0.6 is 0 Å². The first-order valence-electron chi connectivity index (χ1n) is 7.20. The highest BCUT2D eigenvalue weighted by Gasteiger charge is 2.34. The zero-order chi connectivity index (χ0) is 15.6. The van der Waals surface area contributed by atoms with Crippen molar-refractivity contribution in [3.05, 3.63) is 30.2 Å². The highest BCUT2D eigenvalue weighted by atomic mass is 32.2. The van der Waals surface area contributed by atoms with Gasteiger partial charge in [0.2, 0.25) is 5.89 Å². The van der Waals surface area contributed by atoms with Crippen LogP contribution < -0.4 is 4.72 Å². The van der Waals surface area contributed by atoms with Crippen LogP contribution in [0.15, 0.2) is 28.7 Å². The molecule has 1 aliphatic heterocycles. The van der Waals surface area contributed by atoms with Gasteiger partial charge in [0.05, 0.1) is 13.2 Å². The van der Waals surface area contributed by atoms with E-state index in [1.807, 2.05) is 18.2 Å². The maximum Gasteiger partial charge on any atom is 0.280 e. The summed E-state index contributed by atoms with van der Waals surface area (Å²) in [4.78, 5) is 4.26. The first-order chi connectivity index (χ1) is 10.6. The first-order valence-corrected chi connectivity index (χ1v) is 8.64. The van der Waals surface area contributed by atoms with Gasteiger partial charge in [-0.3, -0.25) is 0 Å². The highest BCUT2D eigenvalue weighted by molar-refractivity contribution is 7.87. The molecule has 8 heteroatoms. The Balaban J connectivity index is 1.69. The number of hydrogen-bond acceptors (Lipinski definition) is 5. The molecule has 120 valence electrons. The van der Waals surface area contributed by atoms with Crippen LogP contribution in [0.5, 0.6) is 0 Å². The predicted octanol–water partition coefficient (Wildman–Crippen LogP) is 1.27. The number of oxazole rings is 1. The molecule has 0 radical (unpaired) electrons. The number of benzene rings is 1. The highest BCUT2D eigenvalue weighted by Crippen LogP contribution is 2.21. The quantitative estimate of drug-likeness (QED) is 0.864. The standard InChI is InChI=1S/C14H19N3O4S/c1-20-10-11-5-4-8-17(11)22(18,19)15-9-14-16-12-6-2-3-7-13(12)21-14/h2-3,6-7,11,15H,4-5,8-10H2,1H3. The first kappa shape index (κ1) is 15.4. The van der Waals surface area contributed by atoms with Crippen molar-refractivity contribution in [2.45, 2.75) is 25.4 Å². The smallest absolute Gasteiger partial charge is 0.280 e. The molecule has 1 N–H and O–H groups in total. The molecule has 1 aromatic carbocycles. The molecule has 1 aromatic heterocycles. The largest absolute Gasteiger partial charge is 0.439 e. The van der Waals surface area contributed by atoms with Crippen molar-refractivity contribution in [1.82, 2.24) is 14.0 Å². The Kier molecular flexibility index (Phi) is 4.44. The van der Waals surface area contributed by atoms with Crippen LogP contribution in [-0.4, -0.2) is 44.0 Å². The number of fused-ring (bicyclic) bond motifs is 1. The molecule has 0 aliphatic carbocycles. The maximum absolute atomic E-state index is 12.4. The Morgan fingerprint density at radius 3 is 3.05 bits per heavy atom. The third-order valence-corrected chi connectivity index (χ3v) is 5.34. The van der Waals surface area contributed by atoms with E-state index in [0.717, 1.165) is 18.4 Å². The fraction of sp³-hybridized carbons (Fsp3) is 0.500. The molecule has 7 nitrogen and oxygen atoms in total. The van der Waals surface area contributed by atoms with E-state index < -0.39 is 10.2 Å². The van der Waals surface area contributed by atoms with Crippen molar-refractivity contribution < 1.29 is 17.6 Å². The third kappa shape index (κ3) is 3.14. The molecule has 1 saturated heterocycles. The fourth-order valence-electron chi connectivity index (χ4n) is 2.72. The molecule has 22 heavy (non-hydrogen) atoms. The summed E-state index contributed by atoms with van der Waals surface area (Å²) in [5, 5.41) is 0. The SMILES string of the molecule is COCC1CCCN1S(=O)(=O)NCc1nc2ccccc2o1. The predicted molar refractivity (Wildman–Crippen MR) is 81.4 cm³/mol. The van der Waals surface area contributed by atoms with Crippen molar-refractivity contribution in [2.24, 2.45) is 0 Å². The van der Waals surface area contributed by atoms with Crippen LogP contribution in [0.4, 0.5) is 0 Å². The molecule has 3 rings (SSSR count). The van der Waals surface area contributed by atoms with E-state index >= 15 is 0 Å². The number of aromatic nitrogens is 1. The molecule has 0 saturated carbocycles. The van der Waals surface area contributed by atoms with E-state index in [9.17, 15) is 8.42 Å². The van der Waals surface area contributed by atoms with Crippen LogP contribution in [0.2, 0.25) is 0 Å². The second-order valence-electron chi connectivity index (χ2n) is 5.26. The summed E-state index contributed by atoms with van der Waals surface area (Å²) >= 11 is 0. The van der Waals surface area contributed by atoms with E-state index in [4.69, 9.17) is 9.15 Å². The summed E-state index contributed by atoms with van der Waals surface area (Å²) in [6, 6.07) is 7.23. The molecule has 1 fully saturated rings. The fourth-order valence-corrected chi connectivity index (χ4v) is 4.12. The third-order valence-electron chi connectivity index (χ3n) is 3.73. The minimum absolute atomic E-state index is 0.0349. The number of methoxy groups -OCH3 is 1. The Labute approximate surface area is 129 Å². The van der Waals surface area contributed by atoms with E-state index in [2.05, 4.69) is 9.71 Å². The summed E-state index contributed by atoms with van der Waals surface area (Å²) in [5.41, 5.74) is 1.37. The number of nitrogens with zero attached hydrogens (tertiary/aromatic N) is 2.